The van der Waals surface area contributed by atoms with Crippen molar-refractivity contribution in [2.24, 2.45) is 0 Å². The maximum Gasteiger partial charge on any atom is 0.223 e. The van der Waals surface area contributed by atoms with Gasteiger partial charge in [-0.2, -0.15) is 0 Å². The minimum atomic E-state index is -0.0235. The summed E-state index contributed by atoms with van der Waals surface area (Å²) in [5.74, 6) is 0.592. The van der Waals surface area contributed by atoms with Crippen LogP contribution in [0.25, 0.3) is 0 Å². The van der Waals surface area contributed by atoms with Crippen LogP contribution in [0, 0.1) is 0 Å². The van der Waals surface area contributed by atoms with Crippen molar-refractivity contribution >= 4 is 11.6 Å². The predicted octanol–water partition coefficient (Wildman–Crippen LogP) is 0.732. The van der Waals surface area contributed by atoms with Gasteiger partial charge in [0.25, 0.3) is 0 Å². The van der Waals surface area contributed by atoms with Gasteiger partial charge in [0.15, 0.2) is 0 Å². The molecule has 6 heteroatoms. The Bertz CT molecular complexity index is 426. The molecule has 21 heavy (non-hydrogen) atoms. The monoisotopic (exact) mass is 295 g/mol. The summed E-state index contributed by atoms with van der Waals surface area (Å²) < 4.78 is 10.5. The van der Waals surface area contributed by atoms with E-state index in [1.165, 1.54) is 0 Å². The fourth-order valence-corrected chi connectivity index (χ4v) is 1.70. The predicted molar refractivity (Wildman–Crippen MR) is 83.3 cm³/mol. The number of amides is 1. The molecule has 0 saturated heterocycles. The first-order chi connectivity index (χ1) is 10.1. The van der Waals surface area contributed by atoms with E-state index in [4.69, 9.17) is 15.2 Å². The SMILES string of the molecule is COCCN(C)CCNC(=O)CCOc1ccccc1N. The minimum Gasteiger partial charge on any atom is -0.491 e. The lowest BCUT2D eigenvalue weighted by Gasteiger charge is -2.16. The molecule has 0 fully saturated rings. The third-order valence-corrected chi connectivity index (χ3v) is 3.00. The van der Waals surface area contributed by atoms with Crippen molar-refractivity contribution in [3.8, 4) is 5.75 Å². The molecule has 0 aromatic heterocycles. The normalized spacial score (nSPS) is 10.6. The first-order valence-electron chi connectivity index (χ1n) is 7.05. The number of hydrogen-bond donors (Lipinski definition) is 2. The molecule has 1 aromatic carbocycles. The van der Waals surface area contributed by atoms with E-state index in [0.717, 1.165) is 13.1 Å². The van der Waals surface area contributed by atoms with E-state index in [1.54, 1.807) is 19.2 Å². The first-order valence-corrected chi connectivity index (χ1v) is 7.05. The quantitative estimate of drug-likeness (QED) is 0.622. The van der Waals surface area contributed by atoms with Gasteiger partial charge >= 0.3 is 0 Å². The van der Waals surface area contributed by atoms with Crippen LogP contribution in [0.3, 0.4) is 0 Å². The summed E-state index contributed by atoms with van der Waals surface area (Å²) in [7, 11) is 3.67. The van der Waals surface area contributed by atoms with Crippen molar-refractivity contribution in [1.29, 1.82) is 0 Å². The van der Waals surface area contributed by atoms with E-state index in [9.17, 15) is 4.79 Å². The summed E-state index contributed by atoms with van der Waals surface area (Å²) in [4.78, 5) is 13.8. The molecule has 0 spiro atoms. The highest BCUT2D eigenvalue weighted by atomic mass is 16.5. The van der Waals surface area contributed by atoms with Gasteiger partial charge in [-0.25, -0.2) is 0 Å². The van der Waals surface area contributed by atoms with E-state index in [0.29, 0.717) is 37.6 Å². The number of nitrogen functional groups attached to an aromatic ring is 1. The van der Waals surface area contributed by atoms with Crippen LogP contribution in [0.1, 0.15) is 6.42 Å². The van der Waals surface area contributed by atoms with Crippen LogP contribution in [0.4, 0.5) is 5.69 Å². The van der Waals surface area contributed by atoms with Crippen LogP contribution in [0.2, 0.25) is 0 Å². The fourth-order valence-electron chi connectivity index (χ4n) is 1.70. The molecule has 3 N–H and O–H groups in total. The van der Waals surface area contributed by atoms with Gasteiger partial charge in [0.1, 0.15) is 5.75 Å². The van der Waals surface area contributed by atoms with Crippen molar-refractivity contribution in [3.05, 3.63) is 24.3 Å². The van der Waals surface area contributed by atoms with Gasteiger partial charge in [0.2, 0.25) is 5.91 Å². The van der Waals surface area contributed by atoms with Crippen LogP contribution in [0.15, 0.2) is 24.3 Å². The summed E-state index contributed by atoms with van der Waals surface area (Å²) in [5, 5.41) is 2.86. The zero-order valence-corrected chi connectivity index (χ0v) is 12.8. The average molecular weight is 295 g/mol. The van der Waals surface area contributed by atoms with Gasteiger partial charge in [0.05, 0.1) is 25.3 Å². The van der Waals surface area contributed by atoms with Gasteiger partial charge in [-0.3, -0.25) is 4.79 Å². The van der Waals surface area contributed by atoms with Crippen LogP contribution >= 0.6 is 0 Å². The average Bonchev–Trinajstić information content (AvgIpc) is 2.47. The van der Waals surface area contributed by atoms with Gasteiger partial charge in [-0.1, -0.05) is 12.1 Å². The Morgan fingerprint density at radius 3 is 2.76 bits per heavy atom. The number of likely N-dealkylation sites (N-methyl/N-ethyl adjacent to an activating group) is 1. The Morgan fingerprint density at radius 2 is 2.05 bits per heavy atom. The molecule has 0 aliphatic carbocycles. The molecular formula is C15H25N3O3. The minimum absolute atomic E-state index is 0.0235. The number of nitrogens with zero attached hydrogens (tertiary/aromatic N) is 1. The molecule has 0 atom stereocenters. The largest absolute Gasteiger partial charge is 0.491 e. The zero-order valence-electron chi connectivity index (χ0n) is 12.8. The Labute approximate surface area is 126 Å². The number of ether oxygens (including phenoxy) is 2. The Kier molecular flexibility index (Phi) is 8.23. The highest BCUT2D eigenvalue weighted by Gasteiger charge is 2.04. The lowest BCUT2D eigenvalue weighted by atomic mass is 10.3. The highest BCUT2D eigenvalue weighted by Crippen LogP contribution is 2.19. The van der Waals surface area contributed by atoms with Crippen molar-refractivity contribution in [2.45, 2.75) is 6.42 Å². The molecule has 0 heterocycles. The smallest absolute Gasteiger partial charge is 0.223 e. The first kappa shape index (κ1) is 17.3. The van der Waals surface area contributed by atoms with Gasteiger partial charge in [-0.15, -0.1) is 0 Å². The lowest BCUT2D eigenvalue weighted by molar-refractivity contribution is -0.121. The van der Waals surface area contributed by atoms with Crippen molar-refractivity contribution in [2.75, 3.05) is 52.7 Å². The second kappa shape index (κ2) is 10.0. The molecule has 0 aliphatic rings. The maximum absolute atomic E-state index is 11.6. The Hall–Kier alpha value is -1.79. The lowest BCUT2D eigenvalue weighted by Crippen LogP contribution is -2.34. The molecule has 0 unspecified atom stereocenters. The summed E-state index contributed by atoms with van der Waals surface area (Å²) in [5.41, 5.74) is 6.33. The number of nitrogens with one attached hydrogen (secondary N) is 1. The number of para-hydroxylation sites is 2. The third-order valence-electron chi connectivity index (χ3n) is 3.00. The molecule has 1 aromatic rings. The summed E-state index contributed by atoms with van der Waals surface area (Å²) in [6.45, 7) is 3.27. The van der Waals surface area contributed by atoms with Crippen molar-refractivity contribution < 1.29 is 14.3 Å². The van der Waals surface area contributed by atoms with E-state index < -0.39 is 0 Å². The number of carbonyl (C=O) groups excluding carboxylic acids is 1. The van der Waals surface area contributed by atoms with Gasteiger partial charge in [0, 0.05) is 26.7 Å². The molecule has 118 valence electrons. The molecular weight excluding hydrogens is 270 g/mol. The molecule has 0 saturated carbocycles. The molecule has 1 amide bonds. The molecule has 0 aliphatic heterocycles. The Balaban J connectivity index is 2.10. The molecule has 0 bridgehead atoms. The number of nitrogens with two attached hydrogens (primary N) is 1. The second-order valence-electron chi connectivity index (χ2n) is 4.78. The van der Waals surface area contributed by atoms with Crippen LogP contribution in [-0.4, -0.2) is 57.8 Å². The van der Waals surface area contributed by atoms with Crippen molar-refractivity contribution in [3.63, 3.8) is 0 Å². The summed E-state index contributed by atoms with van der Waals surface area (Å²) in [6.07, 6.45) is 0.316. The topological polar surface area (TPSA) is 76.8 Å². The van der Waals surface area contributed by atoms with Crippen molar-refractivity contribution in [1.82, 2.24) is 10.2 Å². The third kappa shape index (κ3) is 7.53. The number of carbonyl (C=O) groups is 1. The Morgan fingerprint density at radius 1 is 1.29 bits per heavy atom. The van der Waals surface area contributed by atoms with Crippen LogP contribution < -0.4 is 15.8 Å². The van der Waals surface area contributed by atoms with Crippen LogP contribution in [0.5, 0.6) is 5.75 Å². The summed E-state index contributed by atoms with van der Waals surface area (Å²) in [6, 6.07) is 7.25. The molecule has 1 rings (SSSR count). The highest BCUT2D eigenvalue weighted by molar-refractivity contribution is 5.76. The van der Waals surface area contributed by atoms with E-state index >= 15 is 0 Å². The number of hydrogen-bond acceptors (Lipinski definition) is 5. The molecule has 6 nitrogen and oxygen atoms in total. The van der Waals surface area contributed by atoms with E-state index in [2.05, 4.69) is 10.2 Å². The zero-order chi connectivity index (χ0) is 15.5. The summed E-state index contributed by atoms with van der Waals surface area (Å²) >= 11 is 0. The number of methoxy groups -OCH3 is 1. The number of benzene rings is 1. The maximum atomic E-state index is 11.6. The fraction of sp³-hybridized carbons (Fsp3) is 0.533. The number of rotatable bonds is 10. The van der Waals surface area contributed by atoms with Gasteiger partial charge < -0.3 is 25.4 Å². The molecule has 0 radical (unpaired) electrons. The van der Waals surface area contributed by atoms with E-state index in [1.807, 2.05) is 19.2 Å². The van der Waals surface area contributed by atoms with Crippen LogP contribution in [-0.2, 0) is 9.53 Å². The standard InChI is InChI=1S/C15H25N3O3/c1-18(10-12-20-2)9-8-17-15(19)7-11-21-14-6-4-3-5-13(14)16/h3-6H,7-12,16H2,1-2H3,(H,17,19). The van der Waals surface area contributed by atoms with Gasteiger partial charge in [-0.05, 0) is 19.2 Å². The van der Waals surface area contributed by atoms with E-state index in [-0.39, 0.29) is 5.91 Å². The second-order valence-corrected chi connectivity index (χ2v) is 4.78. The number of anilines is 1.